The van der Waals surface area contributed by atoms with Gasteiger partial charge in [-0.05, 0) is 23.8 Å². The van der Waals surface area contributed by atoms with Crippen molar-refractivity contribution in [2.75, 3.05) is 20.3 Å². The molecule has 140 valence electrons. The van der Waals surface area contributed by atoms with Crippen molar-refractivity contribution in [1.29, 1.82) is 0 Å². The molecule has 0 aliphatic carbocycles. The average Bonchev–Trinajstić information content (AvgIpc) is 2.74. The van der Waals surface area contributed by atoms with E-state index in [2.05, 4.69) is 16.0 Å². The molecule has 0 radical (unpaired) electrons. The van der Waals surface area contributed by atoms with Gasteiger partial charge in [-0.1, -0.05) is 12.1 Å². The Hall–Kier alpha value is -3.45. The van der Waals surface area contributed by atoms with Gasteiger partial charge in [-0.2, -0.15) is 0 Å². The highest BCUT2D eigenvalue weighted by molar-refractivity contribution is 5.84. The molecule has 2 aliphatic heterocycles. The lowest BCUT2D eigenvalue weighted by molar-refractivity contribution is 0.109. The number of hydrogen-bond acceptors (Lipinski definition) is 7. The molecule has 2 aliphatic rings. The monoisotopic (exact) mass is 374 g/mol. The Morgan fingerprint density at radius 3 is 2.75 bits per heavy atom. The predicted octanol–water partition coefficient (Wildman–Crippen LogP) is 2.89. The topological polar surface area (TPSA) is 91.8 Å². The first-order chi connectivity index (χ1) is 13.7. The molecule has 0 bridgehead atoms. The highest BCUT2D eigenvalue weighted by Crippen LogP contribution is 2.51. The number of ether oxygens (including phenoxy) is 3. The van der Waals surface area contributed by atoms with Crippen molar-refractivity contribution in [3.63, 3.8) is 0 Å². The highest BCUT2D eigenvalue weighted by Gasteiger charge is 2.45. The molecule has 4 heterocycles. The van der Waals surface area contributed by atoms with Crippen LogP contribution in [0.15, 0.2) is 60.0 Å². The quantitative estimate of drug-likeness (QED) is 0.742. The van der Waals surface area contributed by atoms with Crippen LogP contribution in [0.4, 0.5) is 0 Å². The summed E-state index contributed by atoms with van der Waals surface area (Å²) in [6.45, 7) is 0.651. The van der Waals surface area contributed by atoms with Crippen LogP contribution in [-0.2, 0) is 10.3 Å². The van der Waals surface area contributed by atoms with E-state index >= 15 is 0 Å². The lowest BCUT2D eigenvalue weighted by Gasteiger charge is -2.39. The maximum atomic E-state index is 6.13. The van der Waals surface area contributed by atoms with Gasteiger partial charge in [0, 0.05) is 35.2 Å². The number of nitrogens with zero attached hydrogens (tertiary/aromatic N) is 3. The third kappa shape index (κ3) is 2.51. The first-order valence-electron chi connectivity index (χ1n) is 8.89. The van der Waals surface area contributed by atoms with Crippen molar-refractivity contribution in [1.82, 2.24) is 9.97 Å². The van der Waals surface area contributed by atoms with Crippen molar-refractivity contribution in [3.05, 3.63) is 66.1 Å². The number of methoxy groups -OCH3 is 1. The fraction of sp³-hybridized carbons (Fsp3) is 0.190. The van der Waals surface area contributed by atoms with Crippen molar-refractivity contribution in [3.8, 4) is 28.5 Å². The van der Waals surface area contributed by atoms with Crippen LogP contribution in [0.5, 0.6) is 17.4 Å². The fourth-order valence-corrected chi connectivity index (χ4v) is 3.75. The molecular weight excluding hydrogens is 356 g/mol. The summed E-state index contributed by atoms with van der Waals surface area (Å²) < 4.78 is 17.3. The number of amidine groups is 1. The summed E-state index contributed by atoms with van der Waals surface area (Å²) in [6, 6.07) is 11.8. The summed E-state index contributed by atoms with van der Waals surface area (Å²) >= 11 is 0. The van der Waals surface area contributed by atoms with Crippen LogP contribution < -0.4 is 15.2 Å². The van der Waals surface area contributed by atoms with E-state index in [0.717, 1.165) is 22.3 Å². The molecule has 0 fully saturated rings. The van der Waals surface area contributed by atoms with Crippen molar-refractivity contribution in [2.24, 2.45) is 10.7 Å². The second-order valence-electron chi connectivity index (χ2n) is 6.73. The Morgan fingerprint density at radius 2 is 1.96 bits per heavy atom. The molecule has 1 atom stereocenters. The van der Waals surface area contributed by atoms with Gasteiger partial charge in [0.2, 0.25) is 5.88 Å². The van der Waals surface area contributed by atoms with E-state index in [-0.39, 0.29) is 0 Å². The summed E-state index contributed by atoms with van der Waals surface area (Å²) in [4.78, 5) is 13.3. The van der Waals surface area contributed by atoms with E-state index in [1.807, 2.05) is 36.5 Å². The molecule has 1 spiro atoms. The number of rotatable bonds is 2. The largest absolute Gasteiger partial charge is 0.481 e. The summed E-state index contributed by atoms with van der Waals surface area (Å²) in [7, 11) is 1.58. The van der Waals surface area contributed by atoms with Gasteiger partial charge in [0.15, 0.2) is 5.75 Å². The Balaban J connectivity index is 1.76. The molecular formula is C21H18N4O3. The predicted molar refractivity (Wildman–Crippen MR) is 104 cm³/mol. The molecule has 2 N–H and O–H groups in total. The minimum Gasteiger partial charge on any atom is -0.481 e. The molecule has 28 heavy (non-hydrogen) atoms. The number of hydrogen-bond donors (Lipinski definition) is 1. The van der Waals surface area contributed by atoms with E-state index in [0.29, 0.717) is 36.4 Å². The minimum atomic E-state index is -0.820. The Kier molecular flexibility index (Phi) is 3.77. The summed E-state index contributed by atoms with van der Waals surface area (Å²) in [5, 5.41) is 0. The number of benzene rings is 1. The summed E-state index contributed by atoms with van der Waals surface area (Å²) in [5.74, 6) is 2.24. The zero-order valence-electron chi connectivity index (χ0n) is 15.3. The maximum Gasteiger partial charge on any atom is 0.213 e. The van der Waals surface area contributed by atoms with Gasteiger partial charge in [0.05, 0.1) is 19.9 Å². The normalized spacial score (nSPS) is 20.0. The Bertz CT molecular complexity index is 1080. The maximum absolute atomic E-state index is 6.13. The first-order valence-corrected chi connectivity index (χ1v) is 8.89. The zero-order chi connectivity index (χ0) is 19.1. The van der Waals surface area contributed by atoms with Crippen LogP contribution in [0.2, 0.25) is 0 Å². The number of aromatic nitrogens is 2. The minimum absolute atomic E-state index is 0.303. The number of fused-ring (bicyclic) bond motifs is 4. The van der Waals surface area contributed by atoms with Crippen LogP contribution in [0.25, 0.3) is 11.1 Å². The van der Waals surface area contributed by atoms with E-state index in [4.69, 9.17) is 24.9 Å². The molecule has 7 nitrogen and oxygen atoms in total. The van der Waals surface area contributed by atoms with Crippen molar-refractivity contribution in [2.45, 2.75) is 5.54 Å². The van der Waals surface area contributed by atoms with Gasteiger partial charge in [-0.3, -0.25) is 9.98 Å². The van der Waals surface area contributed by atoms with Crippen LogP contribution >= 0.6 is 0 Å². The van der Waals surface area contributed by atoms with E-state index < -0.39 is 5.54 Å². The lowest BCUT2D eigenvalue weighted by atomic mass is 9.80. The Morgan fingerprint density at radius 1 is 1.07 bits per heavy atom. The fourth-order valence-electron chi connectivity index (χ4n) is 3.75. The van der Waals surface area contributed by atoms with Crippen LogP contribution in [0.3, 0.4) is 0 Å². The number of aliphatic imine (C=N–C) groups is 1. The molecule has 0 amide bonds. The van der Waals surface area contributed by atoms with E-state index in [1.165, 1.54) is 0 Å². The SMILES string of the molecule is COc1cc2c(cn1)Oc1ccc(-c3cccnc3)cc1[C@@]21COCC(N)=N1. The number of pyridine rings is 2. The third-order valence-electron chi connectivity index (χ3n) is 5.03. The number of nitrogens with two attached hydrogens (primary N) is 1. The Labute approximate surface area is 161 Å². The van der Waals surface area contributed by atoms with Crippen LogP contribution in [0.1, 0.15) is 11.1 Å². The highest BCUT2D eigenvalue weighted by atomic mass is 16.5. The van der Waals surface area contributed by atoms with Gasteiger partial charge in [0.25, 0.3) is 0 Å². The molecule has 7 heteroatoms. The van der Waals surface area contributed by atoms with Gasteiger partial charge >= 0.3 is 0 Å². The van der Waals surface area contributed by atoms with Crippen molar-refractivity contribution >= 4 is 5.84 Å². The van der Waals surface area contributed by atoms with Crippen molar-refractivity contribution < 1.29 is 14.2 Å². The molecule has 3 aromatic rings. The van der Waals surface area contributed by atoms with Crippen LogP contribution in [0, 0.1) is 0 Å². The second kappa shape index (κ2) is 6.31. The molecule has 0 saturated carbocycles. The summed E-state index contributed by atoms with van der Waals surface area (Å²) in [5.41, 5.74) is 9.00. The molecule has 5 rings (SSSR count). The lowest BCUT2D eigenvalue weighted by Crippen LogP contribution is -2.42. The van der Waals surface area contributed by atoms with Gasteiger partial charge in [0.1, 0.15) is 23.7 Å². The van der Waals surface area contributed by atoms with Gasteiger partial charge in [-0.15, -0.1) is 0 Å². The third-order valence-corrected chi connectivity index (χ3v) is 5.03. The first kappa shape index (κ1) is 16.7. The van der Waals surface area contributed by atoms with E-state index in [1.54, 1.807) is 19.5 Å². The average molecular weight is 374 g/mol. The molecule has 2 aromatic heterocycles. The smallest absolute Gasteiger partial charge is 0.213 e. The second-order valence-corrected chi connectivity index (χ2v) is 6.73. The van der Waals surface area contributed by atoms with Gasteiger partial charge in [-0.25, -0.2) is 4.98 Å². The van der Waals surface area contributed by atoms with Crippen LogP contribution in [-0.4, -0.2) is 36.1 Å². The molecule has 0 unspecified atom stereocenters. The summed E-state index contributed by atoms with van der Waals surface area (Å²) in [6.07, 6.45) is 5.23. The van der Waals surface area contributed by atoms with E-state index in [9.17, 15) is 0 Å². The molecule has 1 aromatic carbocycles. The molecule has 0 saturated heterocycles. The standard InChI is InChI=1S/C21H18N4O3/c1-26-20-8-16-18(10-24-20)28-17-5-4-13(14-3-2-6-23-9-14)7-15(17)21(16)12-27-11-19(22)25-21/h2-10H,11-12H2,1H3,(H2,22,25)/t21-/m0/s1. The zero-order valence-corrected chi connectivity index (χ0v) is 15.3. The van der Waals surface area contributed by atoms with Gasteiger partial charge < -0.3 is 19.9 Å².